The van der Waals surface area contributed by atoms with E-state index in [-0.39, 0.29) is 5.78 Å². The SMILES string of the molecule is CC(=O)C(C)(N)OC1=CCNc2ccccc21. The van der Waals surface area contributed by atoms with Crippen LogP contribution in [0.3, 0.4) is 0 Å². The summed E-state index contributed by atoms with van der Waals surface area (Å²) in [6, 6.07) is 7.77. The van der Waals surface area contributed by atoms with Gasteiger partial charge in [-0.05, 0) is 25.1 Å². The second-order valence-corrected chi connectivity index (χ2v) is 4.26. The Bertz CT molecular complexity index is 478. The summed E-state index contributed by atoms with van der Waals surface area (Å²) in [7, 11) is 0. The van der Waals surface area contributed by atoms with E-state index in [4.69, 9.17) is 10.5 Å². The number of Topliss-reactive ketones (excluding diaryl/α,β-unsaturated/α-hetero) is 1. The normalized spacial score (nSPS) is 17.2. The Morgan fingerprint density at radius 1 is 1.47 bits per heavy atom. The van der Waals surface area contributed by atoms with Crippen molar-refractivity contribution in [2.45, 2.75) is 19.6 Å². The van der Waals surface area contributed by atoms with Gasteiger partial charge in [0, 0.05) is 24.7 Å². The summed E-state index contributed by atoms with van der Waals surface area (Å²) in [6.07, 6.45) is 1.89. The Hall–Kier alpha value is -1.81. The number of ketones is 1. The maximum Gasteiger partial charge on any atom is 0.214 e. The molecule has 0 radical (unpaired) electrons. The molecule has 1 unspecified atom stereocenters. The van der Waals surface area contributed by atoms with E-state index in [9.17, 15) is 4.79 Å². The first-order valence-corrected chi connectivity index (χ1v) is 5.53. The average molecular weight is 232 g/mol. The lowest BCUT2D eigenvalue weighted by Gasteiger charge is -2.28. The van der Waals surface area contributed by atoms with Crippen LogP contribution in [0.2, 0.25) is 0 Å². The molecule has 0 saturated carbocycles. The van der Waals surface area contributed by atoms with Crippen molar-refractivity contribution in [1.29, 1.82) is 0 Å². The summed E-state index contributed by atoms with van der Waals surface area (Å²) in [5, 5.41) is 3.23. The zero-order chi connectivity index (χ0) is 12.5. The molecule has 1 aliphatic heterocycles. The number of nitrogens with one attached hydrogen (secondary N) is 1. The molecule has 1 aromatic rings. The smallest absolute Gasteiger partial charge is 0.214 e. The fourth-order valence-electron chi connectivity index (χ4n) is 1.61. The number of ether oxygens (including phenoxy) is 1. The molecule has 1 aromatic carbocycles. The minimum Gasteiger partial charge on any atom is -0.466 e. The number of nitrogens with two attached hydrogens (primary N) is 1. The third-order valence-corrected chi connectivity index (χ3v) is 2.79. The van der Waals surface area contributed by atoms with Gasteiger partial charge in [-0.15, -0.1) is 0 Å². The predicted molar refractivity (Wildman–Crippen MR) is 67.3 cm³/mol. The molecule has 2 rings (SSSR count). The second-order valence-electron chi connectivity index (χ2n) is 4.26. The van der Waals surface area contributed by atoms with Crippen LogP contribution < -0.4 is 11.1 Å². The quantitative estimate of drug-likeness (QED) is 0.779. The van der Waals surface area contributed by atoms with Crippen LogP contribution in [0.1, 0.15) is 19.4 Å². The predicted octanol–water partition coefficient (Wildman–Crippen LogP) is 1.73. The van der Waals surface area contributed by atoms with Crippen LogP contribution in [-0.2, 0) is 9.53 Å². The fourth-order valence-corrected chi connectivity index (χ4v) is 1.61. The minimum absolute atomic E-state index is 0.200. The van der Waals surface area contributed by atoms with E-state index in [0.717, 1.165) is 11.3 Å². The van der Waals surface area contributed by atoms with Gasteiger partial charge in [-0.1, -0.05) is 12.1 Å². The molecule has 90 valence electrons. The van der Waals surface area contributed by atoms with E-state index in [1.54, 1.807) is 6.92 Å². The van der Waals surface area contributed by atoms with Crippen molar-refractivity contribution in [2.24, 2.45) is 5.73 Å². The molecule has 0 amide bonds. The lowest BCUT2D eigenvalue weighted by Crippen LogP contribution is -2.45. The van der Waals surface area contributed by atoms with Gasteiger partial charge < -0.3 is 10.1 Å². The number of rotatable bonds is 3. The number of fused-ring (bicyclic) bond motifs is 1. The first kappa shape index (κ1) is 11.7. The van der Waals surface area contributed by atoms with E-state index < -0.39 is 5.72 Å². The summed E-state index contributed by atoms with van der Waals surface area (Å²) < 4.78 is 5.62. The fraction of sp³-hybridized carbons (Fsp3) is 0.308. The largest absolute Gasteiger partial charge is 0.466 e. The van der Waals surface area contributed by atoms with Crippen molar-refractivity contribution in [3.05, 3.63) is 35.9 Å². The van der Waals surface area contributed by atoms with Crippen molar-refractivity contribution in [1.82, 2.24) is 0 Å². The monoisotopic (exact) mass is 232 g/mol. The highest BCUT2D eigenvalue weighted by Gasteiger charge is 2.29. The Labute approximate surface area is 100 Å². The van der Waals surface area contributed by atoms with Crippen LogP contribution in [-0.4, -0.2) is 18.1 Å². The summed E-state index contributed by atoms with van der Waals surface area (Å²) in [6.45, 7) is 3.66. The first-order chi connectivity index (χ1) is 8.00. The van der Waals surface area contributed by atoms with E-state index in [2.05, 4.69) is 5.32 Å². The molecule has 1 atom stereocenters. The number of hydrogen-bond acceptors (Lipinski definition) is 4. The molecule has 4 nitrogen and oxygen atoms in total. The van der Waals surface area contributed by atoms with Crippen LogP contribution in [0.5, 0.6) is 0 Å². The number of anilines is 1. The second kappa shape index (κ2) is 4.22. The van der Waals surface area contributed by atoms with Gasteiger partial charge in [0.1, 0.15) is 5.76 Å². The van der Waals surface area contributed by atoms with Crippen LogP contribution in [0.25, 0.3) is 5.76 Å². The van der Waals surface area contributed by atoms with Gasteiger partial charge in [0.15, 0.2) is 5.78 Å². The molecule has 1 aliphatic rings. The van der Waals surface area contributed by atoms with Crippen LogP contribution >= 0.6 is 0 Å². The summed E-state index contributed by atoms with van der Waals surface area (Å²) >= 11 is 0. The molecule has 0 aliphatic carbocycles. The topological polar surface area (TPSA) is 64.4 Å². The summed E-state index contributed by atoms with van der Waals surface area (Å²) in [5.41, 5.74) is 6.45. The summed E-state index contributed by atoms with van der Waals surface area (Å²) in [5.74, 6) is 0.453. The molecule has 3 N–H and O–H groups in total. The lowest BCUT2D eigenvalue weighted by molar-refractivity contribution is -0.132. The number of hydrogen-bond donors (Lipinski definition) is 2. The lowest BCUT2D eigenvalue weighted by atomic mass is 10.1. The minimum atomic E-state index is -1.28. The Kier molecular flexibility index (Phi) is 2.90. The molecular formula is C13H16N2O2. The van der Waals surface area contributed by atoms with Gasteiger partial charge in [0.2, 0.25) is 5.72 Å². The maximum absolute atomic E-state index is 11.4. The molecule has 0 fully saturated rings. The molecule has 4 heteroatoms. The van der Waals surface area contributed by atoms with E-state index in [1.807, 2.05) is 30.3 Å². The van der Waals surface area contributed by atoms with Crippen LogP contribution in [0, 0.1) is 0 Å². The van der Waals surface area contributed by atoms with Crippen molar-refractivity contribution in [3.8, 4) is 0 Å². The van der Waals surface area contributed by atoms with Gasteiger partial charge in [0.05, 0.1) is 0 Å². The molecule has 0 spiro atoms. The van der Waals surface area contributed by atoms with Crippen LogP contribution in [0.15, 0.2) is 30.3 Å². The van der Waals surface area contributed by atoms with Gasteiger partial charge in [0.25, 0.3) is 0 Å². The zero-order valence-corrected chi connectivity index (χ0v) is 9.99. The van der Waals surface area contributed by atoms with Gasteiger partial charge in [-0.25, -0.2) is 0 Å². The molecule has 0 aromatic heterocycles. The van der Waals surface area contributed by atoms with Crippen LogP contribution in [0.4, 0.5) is 5.69 Å². The molecule has 1 heterocycles. The first-order valence-electron chi connectivity index (χ1n) is 5.53. The molecular weight excluding hydrogens is 216 g/mol. The van der Waals surface area contributed by atoms with E-state index >= 15 is 0 Å². The average Bonchev–Trinajstić information content (AvgIpc) is 2.29. The number of benzene rings is 1. The molecule has 17 heavy (non-hydrogen) atoms. The highest BCUT2D eigenvalue weighted by atomic mass is 16.5. The standard InChI is InChI=1S/C13H16N2O2/c1-9(16)13(2,14)17-12-7-8-15-11-6-4-3-5-10(11)12/h3-7,15H,8,14H2,1-2H3. The highest BCUT2D eigenvalue weighted by Crippen LogP contribution is 2.30. The zero-order valence-electron chi connectivity index (χ0n) is 9.99. The Morgan fingerprint density at radius 3 is 2.88 bits per heavy atom. The summed E-state index contributed by atoms with van der Waals surface area (Å²) in [4.78, 5) is 11.4. The molecule has 0 bridgehead atoms. The number of carbonyl (C=O) groups excluding carboxylic acids is 1. The van der Waals surface area contributed by atoms with Crippen molar-refractivity contribution < 1.29 is 9.53 Å². The van der Waals surface area contributed by atoms with Gasteiger partial charge in [-0.3, -0.25) is 10.5 Å². The van der Waals surface area contributed by atoms with Crippen molar-refractivity contribution >= 4 is 17.2 Å². The highest BCUT2D eigenvalue weighted by molar-refractivity contribution is 5.85. The Morgan fingerprint density at radius 2 is 2.18 bits per heavy atom. The maximum atomic E-state index is 11.4. The third kappa shape index (κ3) is 2.31. The number of carbonyl (C=O) groups is 1. The van der Waals surface area contributed by atoms with Crippen molar-refractivity contribution in [3.63, 3.8) is 0 Å². The van der Waals surface area contributed by atoms with Crippen molar-refractivity contribution in [2.75, 3.05) is 11.9 Å². The Balaban J connectivity index is 2.29. The van der Waals surface area contributed by atoms with Gasteiger partial charge in [-0.2, -0.15) is 0 Å². The third-order valence-electron chi connectivity index (χ3n) is 2.79. The number of para-hydroxylation sites is 1. The van der Waals surface area contributed by atoms with E-state index in [0.29, 0.717) is 12.3 Å². The van der Waals surface area contributed by atoms with Gasteiger partial charge >= 0.3 is 0 Å². The molecule has 0 saturated heterocycles. The van der Waals surface area contributed by atoms with E-state index in [1.165, 1.54) is 6.92 Å².